The number of carboxylic acids is 1. The maximum Gasteiger partial charge on any atom is 0.337 e. The van der Waals surface area contributed by atoms with Crippen LogP contribution in [0.3, 0.4) is 0 Å². The molecule has 0 saturated heterocycles. The van der Waals surface area contributed by atoms with Gasteiger partial charge < -0.3 is 21.3 Å². The number of carboxylic acid groups (broad SMARTS) is 1. The summed E-state index contributed by atoms with van der Waals surface area (Å²) in [6.45, 7) is -0.233. The Balaban J connectivity index is 3.67. The lowest BCUT2D eigenvalue weighted by Crippen LogP contribution is -2.30. The molecule has 1 aromatic rings. The largest absolute Gasteiger partial charge is 0.478 e. The lowest BCUT2D eigenvalue weighted by molar-refractivity contribution is 0.0694. The molecule has 5 N–H and O–H groups in total. The fraction of sp³-hybridized carbons (Fsp3) is 0.182. The van der Waals surface area contributed by atoms with Crippen molar-refractivity contribution in [3.63, 3.8) is 0 Å². The number of benzene rings is 1. The Labute approximate surface area is 160 Å². The maximum absolute atomic E-state index is 12.1. The van der Waals surface area contributed by atoms with E-state index in [1.165, 1.54) is 0 Å². The van der Waals surface area contributed by atoms with Crippen molar-refractivity contribution in [1.29, 1.82) is 0 Å². The standard InChI is InChI=1S/C11H9I3N2O5/c12-6-3(9(15)18)7(13)5(11(20)21)8(14)4(6)10(19)16-1-2-17/h17H,1-2H2,(H2,15,18)(H,16,19)(H,20,21). The second-order valence-electron chi connectivity index (χ2n) is 3.72. The minimum atomic E-state index is -1.25. The molecule has 0 atom stereocenters. The van der Waals surface area contributed by atoms with Gasteiger partial charge in [-0.3, -0.25) is 9.59 Å². The number of aliphatic hydroxyl groups is 1. The summed E-state index contributed by atoms with van der Waals surface area (Å²) in [6.07, 6.45) is 0. The van der Waals surface area contributed by atoms with E-state index in [-0.39, 0.29) is 40.6 Å². The summed E-state index contributed by atoms with van der Waals surface area (Å²) in [7, 11) is 0. The van der Waals surface area contributed by atoms with Crippen molar-refractivity contribution in [3.8, 4) is 0 Å². The predicted molar refractivity (Wildman–Crippen MR) is 99.5 cm³/mol. The highest BCUT2D eigenvalue weighted by Gasteiger charge is 2.29. The molecule has 0 aliphatic rings. The van der Waals surface area contributed by atoms with Crippen molar-refractivity contribution in [1.82, 2.24) is 5.32 Å². The highest BCUT2D eigenvalue weighted by Crippen LogP contribution is 2.32. The molecule has 7 nitrogen and oxygen atoms in total. The van der Waals surface area contributed by atoms with Crippen LogP contribution in [-0.4, -0.2) is 41.1 Å². The number of primary amides is 1. The summed E-state index contributed by atoms with van der Waals surface area (Å²) >= 11 is 5.26. The van der Waals surface area contributed by atoms with E-state index in [0.717, 1.165) is 0 Å². The molecular formula is C11H9I3N2O5. The Bertz CT molecular complexity index is 592. The SMILES string of the molecule is NC(=O)c1c(I)c(C(=O)O)c(I)c(C(=O)NCCO)c1I. The molecule has 0 radical (unpaired) electrons. The number of aliphatic hydroxyl groups excluding tert-OH is 1. The van der Waals surface area contributed by atoms with Crippen LogP contribution in [0, 0.1) is 10.7 Å². The van der Waals surface area contributed by atoms with E-state index in [2.05, 4.69) is 5.32 Å². The van der Waals surface area contributed by atoms with Gasteiger partial charge >= 0.3 is 5.97 Å². The topological polar surface area (TPSA) is 130 Å². The summed E-state index contributed by atoms with van der Waals surface area (Å²) in [5.41, 5.74) is 5.22. The molecule has 0 aromatic heterocycles. The van der Waals surface area contributed by atoms with Crippen molar-refractivity contribution in [2.45, 2.75) is 0 Å². The number of halogens is 3. The van der Waals surface area contributed by atoms with Crippen LogP contribution in [0.15, 0.2) is 0 Å². The van der Waals surface area contributed by atoms with Gasteiger partial charge in [0, 0.05) is 17.3 Å². The smallest absolute Gasteiger partial charge is 0.337 e. The van der Waals surface area contributed by atoms with E-state index < -0.39 is 17.8 Å². The van der Waals surface area contributed by atoms with Crippen molar-refractivity contribution in [2.75, 3.05) is 13.2 Å². The summed E-state index contributed by atoms with van der Waals surface area (Å²) < 4.78 is 0.698. The number of aromatic carboxylic acids is 1. The van der Waals surface area contributed by atoms with E-state index in [9.17, 15) is 19.5 Å². The van der Waals surface area contributed by atoms with Gasteiger partial charge in [0.2, 0.25) is 0 Å². The van der Waals surface area contributed by atoms with E-state index in [0.29, 0.717) is 0 Å². The third-order valence-corrected chi connectivity index (χ3v) is 5.64. The lowest BCUT2D eigenvalue weighted by Gasteiger charge is -2.15. The molecule has 0 spiro atoms. The Morgan fingerprint density at radius 3 is 1.90 bits per heavy atom. The van der Waals surface area contributed by atoms with Gasteiger partial charge in [0.15, 0.2) is 0 Å². The molecule has 0 fully saturated rings. The fourth-order valence-corrected chi connectivity index (χ4v) is 6.17. The number of carbonyl (C=O) groups is 3. The van der Waals surface area contributed by atoms with Crippen LogP contribution in [0.25, 0.3) is 0 Å². The average Bonchev–Trinajstić information content (AvgIpc) is 2.34. The van der Waals surface area contributed by atoms with Crippen molar-refractivity contribution < 1.29 is 24.6 Å². The van der Waals surface area contributed by atoms with Gasteiger partial charge in [0.25, 0.3) is 11.8 Å². The molecule has 21 heavy (non-hydrogen) atoms. The third kappa shape index (κ3) is 3.95. The van der Waals surface area contributed by atoms with Crippen LogP contribution in [0.1, 0.15) is 31.1 Å². The molecule has 2 amide bonds. The van der Waals surface area contributed by atoms with Gasteiger partial charge in [-0.25, -0.2) is 4.79 Å². The molecule has 0 unspecified atom stereocenters. The van der Waals surface area contributed by atoms with Crippen molar-refractivity contribution >= 4 is 85.6 Å². The minimum Gasteiger partial charge on any atom is -0.478 e. The molecule has 0 aliphatic carbocycles. The zero-order valence-corrected chi connectivity index (χ0v) is 16.7. The molecular weight excluding hydrogens is 621 g/mol. The van der Waals surface area contributed by atoms with Crippen LogP contribution in [0.4, 0.5) is 0 Å². The first-order valence-electron chi connectivity index (χ1n) is 5.36. The molecule has 0 bridgehead atoms. The van der Waals surface area contributed by atoms with Crippen LogP contribution in [0.2, 0.25) is 0 Å². The van der Waals surface area contributed by atoms with Gasteiger partial charge in [0.1, 0.15) is 0 Å². The Morgan fingerprint density at radius 2 is 1.48 bits per heavy atom. The number of carbonyl (C=O) groups excluding carboxylic acids is 2. The molecule has 0 heterocycles. The quantitative estimate of drug-likeness (QED) is 0.362. The third-order valence-electron chi connectivity index (χ3n) is 2.40. The number of hydrogen-bond donors (Lipinski definition) is 4. The van der Waals surface area contributed by atoms with E-state index in [1.54, 1.807) is 67.8 Å². The van der Waals surface area contributed by atoms with Crippen LogP contribution >= 0.6 is 67.8 Å². The summed E-state index contributed by atoms with van der Waals surface area (Å²) in [4.78, 5) is 35.1. The molecule has 0 aliphatic heterocycles. The molecule has 1 aromatic carbocycles. The second-order valence-corrected chi connectivity index (χ2v) is 6.95. The second kappa shape index (κ2) is 7.87. The summed E-state index contributed by atoms with van der Waals surface area (Å²) in [6, 6.07) is 0. The first-order valence-corrected chi connectivity index (χ1v) is 8.60. The number of nitrogens with one attached hydrogen (secondary N) is 1. The van der Waals surface area contributed by atoms with Crippen molar-refractivity contribution in [2.24, 2.45) is 5.73 Å². The molecule has 10 heteroatoms. The highest BCUT2D eigenvalue weighted by atomic mass is 127. The summed E-state index contributed by atoms with van der Waals surface area (Å²) in [5, 5.41) is 20.5. The minimum absolute atomic E-state index is 0.00293. The van der Waals surface area contributed by atoms with Gasteiger partial charge in [-0.05, 0) is 67.8 Å². The van der Waals surface area contributed by atoms with Crippen LogP contribution < -0.4 is 11.1 Å². The number of rotatable bonds is 5. The number of nitrogens with two attached hydrogens (primary N) is 1. The van der Waals surface area contributed by atoms with Gasteiger partial charge in [-0.1, -0.05) is 0 Å². The normalized spacial score (nSPS) is 10.3. The maximum atomic E-state index is 12.1. The lowest BCUT2D eigenvalue weighted by atomic mass is 10.0. The van der Waals surface area contributed by atoms with Crippen LogP contribution in [-0.2, 0) is 0 Å². The fourth-order valence-electron chi connectivity index (χ4n) is 1.53. The molecule has 0 saturated carbocycles. The number of amides is 2. The first kappa shape index (κ1) is 18.8. The van der Waals surface area contributed by atoms with Crippen LogP contribution in [0.5, 0.6) is 0 Å². The van der Waals surface area contributed by atoms with Gasteiger partial charge in [0.05, 0.1) is 23.3 Å². The predicted octanol–water partition coefficient (Wildman–Crippen LogP) is 1.02. The van der Waals surface area contributed by atoms with Gasteiger partial charge in [-0.2, -0.15) is 0 Å². The average molecular weight is 630 g/mol. The molecule has 114 valence electrons. The van der Waals surface area contributed by atoms with E-state index >= 15 is 0 Å². The zero-order chi connectivity index (χ0) is 16.3. The monoisotopic (exact) mass is 630 g/mol. The number of hydrogen-bond acceptors (Lipinski definition) is 4. The van der Waals surface area contributed by atoms with Gasteiger partial charge in [-0.15, -0.1) is 0 Å². The van der Waals surface area contributed by atoms with E-state index in [4.69, 9.17) is 10.8 Å². The highest BCUT2D eigenvalue weighted by molar-refractivity contribution is 14.1. The Morgan fingerprint density at radius 1 is 1.00 bits per heavy atom. The molecule has 1 rings (SSSR count). The Hall–Kier alpha value is -0.220. The van der Waals surface area contributed by atoms with Crippen molar-refractivity contribution in [3.05, 3.63) is 27.4 Å². The zero-order valence-electron chi connectivity index (χ0n) is 10.2. The summed E-state index contributed by atoms with van der Waals surface area (Å²) in [5.74, 6) is -2.63. The first-order chi connectivity index (χ1) is 9.73. The Kier molecular flexibility index (Phi) is 7.05. The van der Waals surface area contributed by atoms with E-state index in [1.807, 2.05) is 0 Å².